The second-order valence-electron chi connectivity index (χ2n) is 6.91. The van der Waals surface area contributed by atoms with Gasteiger partial charge in [-0.2, -0.15) is 0 Å². The van der Waals surface area contributed by atoms with Crippen LogP contribution in [0.1, 0.15) is 29.5 Å². The Labute approximate surface area is 167 Å². The van der Waals surface area contributed by atoms with Gasteiger partial charge >= 0.3 is 0 Å². The number of anilines is 1. The average molecular weight is 405 g/mol. The van der Waals surface area contributed by atoms with Gasteiger partial charge in [-0.3, -0.25) is 9.10 Å². The molecule has 6 nitrogen and oxygen atoms in total. The first kappa shape index (κ1) is 21.8. The molecule has 2 rings (SSSR count). The molecular formula is C21H28N2O4S. The van der Waals surface area contributed by atoms with Gasteiger partial charge in [0.25, 0.3) is 0 Å². The highest BCUT2D eigenvalue weighted by Gasteiger charge is 2.18. The molecule has 0 aromatic heterocycles. The second kappa shape index (κ2) is 9.59. The Morgan fingerprint density at radius 2 is 1.79 bits per heavy atom. The lowest BCUT2D eigenvalue weighted by Crippen LogP contribution is -2.32. The topological polar surface area (TPSA) is 75.7 Å². The Balaban J connectivity index is 1.92. The van der Waals surface area contributed by atoms with Crippen molar-refractivity contribution < 1.29 is 17.9 Å². The van der Waals surface area contributed by atoms with Crippen molar-refractivity contribution in [2.75, 3.05) is 24.2 Å². The van der Waals surface area contributed by atoms with Crippen LogP contribution < -0.4 is 14.4 Å². The van der Waals surface area contributed by atoms with E-state index in [-0.39, 0.29) is 18.9 Å². The zero-order valence-corrected chi connectivity index (χ0v) is 17.7. The van der Waals surface area contributed by atoms with Crippen molar-refractivity contribution in [3.63, 3.8) is 0 Å². The number of methoxy groups -OCH3 is 1. The van der Waals surface area contributed by atoms with E-state index in [1.807, 2.05) is 56.3 Å². The third-order valence-corrected chi connectivity index (χ3v) is 5.48. The van der Waals surface area contributed by atoms with E-state index in [1.54, 1.807) is 7.11 Å². The van der Waals surface area contributed by atoms with Crippen LogP contribution in [0, 0.1) is 13.8 Å². The molecule has 0 aliphatic heterocycles. The number of hydrogen-bond donors (Lipinski definition) is 1. The fraction of sp³-hybridized carbons (Fsp3) is 0.381. The molecule has 2 aromatic carbocycles. The van der Waals surface area contributed by atoms with Gasteiger partial charge < -0.3 is 10.1 Å². The summed E-state index contributed by atoms with van der Waals surface area (Å²) < 4.78 is 31.0. The Morgan fingerprint density at radius 3 is 2.39 bits per heavy atom. The molecular weight excluding hydrogens is 376 g/mol. The van der Waals surface area contributed by atoms with Crippen molar-refractivity contribution in [3.8, 4) is 5.75 Å². The fourth-order valence-corrected chi connectivity index (χ4v) is 3.98. The summed E-state index contributed by atoms with van der Waals surface area (Å²) in [6.45, 7) is 4.53. The summed E-state index contributed by atoms with van der Waals surface area (Å²) in [7, 11) is -1.83. The number of benzene rings is 2. The predicted molar refractivity (Wildman–Crippen MR) is 112 cm³/mol. The highest BCUT2D eigenvalue weighted by molar-refractivity contribution is 7.92. The number of carbonyl (C=O) groups excluding carboxylic acids is 1. The molecule has 0 radical (unpaired) electrons. The van der Waals surface area contributed by atoms with Gasteiger partial charge in [-0.15, -0.1) is 0 Å². The lowest BCUT2D eigenvalue weighted by atomic mass is 10.1. The Bertz CT molecular complexity index is 906. The van der Waals surface area contributed by atoms with Crippen LogP contribution in [-0.4, -0.2) is 34.2 Å². The van der Waals surface area contributed by atoms with Gasteiger partial charge in [-0.25, -0.2) is 8.42 Å². The molecule has 0 atom stereocenters. The quantitative estimate of drug-likeness (QED) is 0.696. The van der Waals surface area contributed by atoms with Gasteiger partial charge in [0.05, 0.1) is 19.1 Å². The van der Waals surface area contributed by atoms with Crippen molar-refractivity contribution in [1.82, 2.24) is 5.32 Å². The van der Waals surface area contributed by atoms with Gasteiger partial charge in [-0.05, 0) is 61.2 Å². The number of amides is 1. The molecule has 7 heteroatoms. The molecule has 28 heavy (non-hydrogen) atoms. The number of carbonyl (C=O) groups is 1. The standard InChI is InChI=1S/C21H28N2O4S/c1-16-11-17(2)13-19(12-16)23(28(4,25)26)10-6-9-21(24)22-15-18-7-5-8-20(14-18)27-3/h5,7-8,11-14H,6,9-10,15H2,1-4H3,(H,22,24). The average Bonchev–Trinajstić information content (AvgIpc) is 2.61. The maximum atomic E-state index is 12.2. The third-order valence-electron chi connectivity index (χ3n) is 4.28. The zero-order valence-electron chi connectivity index (χ0n) is 16.9. The van der Waals surface area contributed by atoms with Crippen molar-refractivity contribution in [2.45, 2.75) is 33.2 Å². The minimum atomic E-state index is -3.42. The van der Waals surface area contributed by atoms with E-state index < -0.39 is 10.0 Å². The first-order chi connectivity index (χ1) is 13.2. The summed E-state index contributed by atoms with van der Waals surface area (Å²) in [6, 6.07) is 13.2. The van der Waals surface area contributed by atoms with Crippen LogP contribution in [0.25, 0.3) is 0 Å². The van der Waals surface area contributed by atoms with Crippen LogP contribution >= 0.6 is 0 Å². The molecule has 0 aliphatic carbocycles. The highest BCUT2D eigenvalue weighted by atomic mass is 32.2. The first-order valence-electron chi connectivity index (χ1n) is 9.14. The lowest BCUT2D eigenvalue weighted by Gasteiger charge is -2.23. The van der Waals surface area contributed by atoms with Gasteiger partial charge in [-0.1, -0.05) is 18.2 Å². The van der Waals surface area contributed by atoms with E-state index in [9.17, 15) is 13.2 Å². The van der Waals surface area contributed by atoms with Crippen LogP contribution in [0.3, 0.4) is 0 Å². The molecule has 0 aliphatic rings. The van der Waals surface area contributed by atoms with E-state index in [1.165, 1.54) is 10.6 Å². The fourth-order valence-electron chi connectivity index (χ4n) is 3.04. The van der Waals surface area contributed by atoms with Crippen LogP contribution in [0.2, 0.25) is 0 Å². The Hall–Kier alpha value is -2.54. The van der Waals surface area contributed by atoms with Crippen molar-refractivity contribution in [2.24, 2.45) is 0 Å². The van der Waals surface area contributed by atoms with E-state index in [4.69, 9.17) is 4.74 Å². The maximum absolute atomic E-state index is 12.2. The third kappa shape index (κ3) is 6.56. The van der Waals surface area contributed by atoms with Crippen molar-refractivity contribution in [3.05, 3.63) is 59.2 Å². The Morgan fingerprint density at radius 1 is 1.11 bits per heavy atom. The summed E-state index contributed by atoms with van der Waals surface area (Å²) in [5, 5.41) is 2.86. The molecule has 0 unspecified atom stereocenters. The number of aryl methyl sites for hydroxylation is 2. The molecule has 0 saturated carbocycles. The van der Waals surface area contributed by atoms with E-state index in [0.29, 0.717) is 18.7 Å². The Kier molecular flexibility index (Phi) is 7.45. The van der Waals surface area contributed by atoms with Crippen LogP contribution in [-0.2, 0) is 21.4 Å². The summed E-state index contributed by atoms with van der Waals surface area (Å²) in [5.74, 6) is 0.626. The van der Waals surface area contributed by atoms with Crippen LogP contribution in [0.4, 0.5) is 5.69 Å². The summed E-state index contributed by atoms with van der Waals surface area (Å²) in [6.07, 6.45) is 1.87. The van der Waals surface area contributed by atoms with Gasteiger partial charge in [0.1, 0.15) is 5.75 Å². The number of hydrogen-bond acceptors (Lipinski definition) is 4. The number of nitrogens with one attached hydrogen (secondary N) is 1. The lowest BCUT2D eigenvalue weighted by molar-refractivity contribution is -0.121. The molecule has 0 bridgehead atoms. The van der Waals surface area contributed by atoms with Gasteiger partial charge in [0.2, 0.25) is 15.9 Å². The SMILES string of the molecule is COc1cccc(CNC(=O)CCCN(c2cc(C)cc(C)c2)S(C)(=O)=O)c1. The smallest absolute Gasteiger partial charge is 0.232 e. The van der Waals surface area contributed by atoms with Crippen molar-refractivity contribution in [1.29, 1.82) is 0 Å². The summed E-state index contributed by atoms with van der Waals surface area (Å²) >= 11 is 0. The monoisotopic (exact) mass is 404 g/mol. The molecule has 1 amide bonds. The molecule has 0 spiro atoms. The summed E-state index contributed by atoms with van der Waals surface area (Å²) in [4.78, 5) is 12.1. The van der Waals surface area contributed by atoms with Crippen LogP contribution in [0.15, 0.2) is 42.5 Å². The van der Waals surface area contributed by atoms with Crippen LogP contribution in [0.5, 0.6) is 5.75 Å². The predicted octanol–water partition coefficient (Wildman–Crippen LogP) is 3.17. The second-order valence-corrected chi connectivity index (χ2v) is 8.82. The minimum absolute atomic E-state index is 0.114. The van der Waals surface area contributed by atoms with E-state index >= 15 is 0 Å². The van der Waals surface area contributed by atoms with Crippen molar-refractivity contribution >= 4 is 21.6 Å². The number of sulfonamides is 1. The molecule has 0 heterocycles. The van der Waals surface area contributed by atoms with Gasteiger partial charge in [0, 0.05) is 19.5 Å². The number of rotatable bonds is 9. The molecule has 1 N–H and O–H groups in total. The first-order valence-corrected chi connectivity index (χ1v) is 11.0. The normalized spacial score (nSPS) is 11.1. The van der Waals surface area contributed by atoms with Gasteiger partial charge in [0.15, 0.2) is 0 Å². The number of nitrogens with zero attached hydrogens (tertiary/aromatic N) is 1. The number of ether oxygens (including phenoxy) is 1. The zero-order chi connectivity index (χ0) is 20.7. The molecule has 0 fully saturated rings. The highest BCUT2D eigenvalue weighted by Crippen LogP contribution is 2.22. The summed E-state index contributed by atoms with van der Waals surface area (Å²) in [5.41, 5.74) is 3.58. The van der Waals surface area contributed by atoms with E-state index in [2.05, 4.69) is 5.32 Å². The largest absolute Gasteiger partial charge is 0.497 e. The molecule has 2 aromatic rings. The minimum Gasteiger partial charge on any atom is -0.497 e. The molecule has 152 valence electrons. The molecule has 0 saturated heterocycles. The maximum Gasteiger partial charge on any atom is 0.232 e. The van der Waals surface area contributed by atoms with E-state index in [0.717, 1.165) is 22.4 Å².